The summed E-state index contributed by atoms with van der Waals surface area (Å²) in [4.78, 5) is 45.8. The van der Waals surface area contributed by atoms with E-state index >= 15 is 0 Å². The highest BCUT2D eigenvalue weighted by molar-refractivity contribution is 9.10. The van der Waals surface area contributed by atoms with Crippen LogP contribution in [0.25, 0.3) is 0 Å². The molecular weight excluding hydrogens is 592 g/mol. The van der Waals surface area contributed by atoms with Gasteiger partial charge in [0.05, 0.1) is 12.2 Å². The molecule has 11 nitrogen and oxygen atoms in total. The summed E-state index contributed by atoms with van der Waals surface area (Å²) in [6.45, 7) is 3.54. The number of hydrogen-bond donors (Lipinski definition) is 1. The summed E-state index contributed by atoms with van der Waals surface area (Å²) >= 11 is 3.36. The number of halogens is 1. The van der Waals surface area contributed by atoms with Crippen LogP contribution in [0.5, 0.6) is 0 Å². The SMILES string of the molecule is CC(C)(C)OC(=O)N(CC(=O)O)C(=O)c1cccc(CN(Cc2ccc(Br)cc2)S(=O)(=O)c2ccccn2)n1. The number of ether oxygens (including phenoxy) is 1. The predicted molar refractivity (Wildman–Crippen MR) is 144 cm³/mol. The van der Waals surface area contributed by atoms with Gasteiger partial charge in [-0.15, -0.1) is 0 Å². The molecular formula is C26H27BrN4O7S. The maximum absolute atomic E-state index is 13.5. The van der Waals surface area contributed by atoms with E-state index in [9.17, 15) is 27.9 Å². The van der Waals surface area contributed by atoms with Gasteiger partial charge in [-0.3, -0.25) is 9.59 Å². The van der Waals surface area contributed by atoms with Gasteiger partial charge in [0.1, 0.15) is 17.8 Å². The molecule has 0 saturated heterocycles. The van der Waals surface area contributed by atoms with Crippen LogP contribution in [0.1, 0.15) is 42.5 Å². The lowest BCUT2D eigenvalue weighted by Gasteiger charge is -2.25. The number of rotatable bonds is 9. The summed E-state index contributed by atoms with van der Waals surface area (Å²) in [7, 11) is -4.08. The third kappa shape index (κ3) is 8.40. The quantitative estimate of drug-likeness (QED) is 0.374. The molecule has 206 valence electrons. The molecule has 0 unspecified atom stereocenters. The number of carboxylic acids is 1. The largest absolute Gasteiger partial charge is 0.480 e. The Labute approximate surface area is 234 Å². The first-order chi connectivity index (χ1) is 18.3. The van der Waals surface area contributed by atoms with Gasteiger partial charge in [0.15, 0.2) is 5.03 Å². The zero-order chi connectivity index (χ0) is 28.8. The summed E-state index contributed by atoms with van der Waals surface area (Å²) in [6.07, 6.45) is 0.229. The third-order valence-electron chi connectivity index (χ3n) is 5.03. The van der Waals surface area contributed by atoms with Crippen molar-refractivity contribution in [3.63, 3.8) is 0 Å². The molecule has 0 aliphatic carbocycles. The Morgan fingerprint density at radius 2 is 1.67 bits per heavy atom. The van der Waals surface area contributed by atoms with Crippen LogP contribution in [-0.2, 0) is 32.6 Å². The van der Waals surface area contributed by atoms with E-state index < -0.39 is 40.1 Å². The van der Waals surface area contributed by atoms with Crippen LogP contribution >= 0.6 is 15.9 Å². The molecule has 0 fully saturated rings. The average molecular weight is 619 g/mol. The second-order valence-corrected chi connectivity index (χ2v) is 12.1. The Kier molecular flexibility index (Phi) is 9.54. The van der Waals surface area contributed by atoms with Gasteiger partial charge < -0.3 is 9.84 Å². The minimum absolute atomic E-state index is 0.0188. The molecule has 0 bridgehead atoms. The smallest absolute Gasteiger partial charge is 0.417 e. The second kappa shape index (κ2) is 12.5. The summed E-state index contributed by atoms with van der Waals surface area (Å²) in [5.41, 5.74) is -0.339. The Morgan fingerprint density at radius 3 is 2.26 bits per heavy atom. The van der Waals surface area contributed by atoms with Crippen LogP contribution in [-0.4, -0.2) is 62.8 Å². The number of carbonyl (C=O) groups excluding carboxylic acids is 2. The number of hydrogen-bond acceptors (Lipinski definition) is 8. The fourth-order valence-corrected chi connectivity index (χ4v) is 4.92. The number of aromatic nitrogens is 2. The van der Waals surface area contributed by atoms with Crippen molar-refractivity contribution in [2.45, 2.75) is 44.5 Å². The molecule has 0 aliphatic rings. The van der Waals surface area contributed by atoms with Crippen LogP contribution in [0.4, 0.5) is 4.79 Å². The average Bonchev–Trinajstić information content (AvgIpc) is 2.87. The predicted octanol–water partition coefficient (Wildman–Crippen LogP) is 4.09. The minimum atomic E-state index is -4.08. The van der Waals surface area contributed by atoms with E-state index in [0.29, 0.717) is 10.5 Å². The Bertz CT molecular complexity index is 1440. The zero-order valence-corrected chi connectivity index (χ0v) is 23.8. The maximum atomic E-state index is 13.5. The van der Waals surface area contributed by atoms with Crippen molar-refractivity contribution in [1.29, 1.82) is 0 Å². The highest BCUT2D eigenvalue weighted by Gasteiger charge is 2.31. The number of imide groups is 1. The van der Waals surface area contributed by atoms with Gasteiger partial charge in [-0.25, -0.2) is 28.1 Å². The van der Waals surface area contributed by atoms with Crippen molar-refractivity contribution in [3.05, 3.63) is 88.3 Å². The van der Waals surface area contributed by atoms with Crippen LogP contribution in [0, 0.1) is 0 Å². The lowest BCUT2D eigenvalue weighted by Crippen LogP contribution is -2.44. The first-order valence-corrected chi connectivity index (χ1v) is 13.9. The molecule has 1 N–H and O–H groups in total. The van der Waals surface area contributed by atoms with Crippen molar-refractivity contribution in [3.8, 4) is 0 Å². The number of sulfonamides is 1. The van der Waals surface area contributed by atoms with Gasteiger partial charge in [0, 0.05) is 17.2 Å². The van der Waals surface area contributed by atoms with E-state index in [1.54, 1.807) is 57.2 Å². The van der Waals surface area contributed by atoms with Gasteiger partial charge in [-0.05, 0) is 62.7 Å². The van der Waals surface area contributed by atoms with Crippen molar-refractivity contribution in [2.75, 3.05) is 6.54 Å². The Balaban J connectivity index is 1.95. The molecule has 3 aromatic rings. The highest BCUT2D eigenvalue weighted by atomic mass is 79.9. The minimum Gasteiger partial charge on any atom is -0.480 e. The lowest BCUT2D eigenvalue weighted by atomic mass is 10.2. The van der Waals surface area contributed by atoms with E-state index in [0.717, 1.165) is 8.78 Å². The van der Waals surface area contributed by atoms with Gasteiger partial charge in [-0.2, -0.15) is 4.31 Å². The first kappa shape index (κ1) is 29.9. The van der Waals surface area contributed by atoms with E-state index in [-0.39, 0.29) is 29.5 Å². The molecule has 2 heterocycles. The van der Waals surface area contributed by atoms with Gasteiger partial charge in [0.25, 0.3) is 15.9 Å². The molecule has 0 atom stereocenters. The number of carboxylic acid groups (broad SMARTS) is 1. The topological polar surface area (TPSA) is 147 Å². The molecule has 0 aliphatic heterocycles. The summed E-state index contributed by atoms with van der Waals surface area (Å²) < 4.78 is 34.2. The monoisotopic (exact) mass is 618 g/mol. The van der Waals surface area contributed by atoms with Crippen LogP contribution < -0.4 is 0 Å². The number of carbonyl (C=O) groups is 3. The molecule has 3 rings (SSSR count). The van der Waals surface area contributed by atoms with E-state index in [4.69, 9.17) is 4.74 Å². The van der Waals surface area contributed by atoms with Crippen molar-refractivity contribution >= 4 is 43.9 Å². The number of nitrogens with zero attached hydrogens (tertiary/aromatic N) is 4. The number of pyridine rings is 2. The third-order valence-corrected chi connectivity index (χ3v) is 7.27. The number of aliphatic carboxylic acids is 1. The molecule has 0 saturated carbocycles. The Hall–Kier alpha value is -3.68. The van der Waals surface area contributed by atoms with E-state index in [2.05, 4.69) is 25.9 Å². The van der Waals surface area contributed by atoms with Gasteiger partial charge in [-0.1, -0.05) is 40.2 Å². The maximum Gasteiger partial charge on any atom is 0.417 e. The Morgan fingerprint density at radius 1 is 0.974 bits per heavy atom. The van der Waals surface area contributed by atoms with Gasteiger partial charge >= 0.3 is 12.1 Å². The normalized spacial score (nSPS) is 11.7. The fraction of sp³-hybridized carbons (Fsp3) is 0.269. The molecule has 39 heavy (non-hydrogen) atoms. The number of benzene rings is 1. The van der Waals surface area contributed by atoms with Gasteiger partial charge in [0.2, 0.25) is 0 Å². The standard InChI is InChI=1S/C26H27BrN4O7S/c1-26(2,3)38-25(35)31(17-23(32)33)24(34)21-8-6-7-20(29-21)16-30(15-18-10-12-19(27)13-11-18)39(36,37)22-9-4-5-14-28-22/h4-14H,15-17H2,1-3H3,(H,32,33). The number of amides is 2. The lowest BCUT2D eigenvalue weighted by molar-refractivity contribution is -0.137. The first-order valence-electron chi connectivity index (χ1n) is 11.6. The highest BCUT2D eigenvalue weighted by Crippen LogP contribution is 2.21. The van der Waals surface area contributed by atoms with E-state index in [1.807, 2.05) is 0 Å². The zero-order valence-electron chi connectivity index (χ0n) is 21.4. The molecule has 0 spiro atoms. The van der Waals surface area contributed by atoms with Crippen molar-refractivity contribution in [2.24, 2.45) is 0 Å². The summed E-state index contributed by atoms with van der Waals surface area (Å²) in [5, 5.41) is 9.09. The molecule has 13 heteroatoms. The van der Waals surface area contributed by atoms with Crippen LogP contribution in [0.3, 0.4) is 0 Å². The van der Waals surface area contributed by atoms with Crippen LogP contribution in [0.2, 0.25) is 0 Å². The molecule has 0 radical (unpaired) electrons. The van der Waals surface area contributed by atoms with E-state index in [1.165, 1.54) is 30.5 Å². The van der Waals surface area contributed by atoms with Crippen molar-refractivity contribution in [1.82, 2.24) is 19.2 Å². The summed E-state index contributed by atoms with van der Waals surface area (Å²) in [5.74, 6) is -2.42. The van der Waals surface area contributed by atoms with Crippen LogP contribution in [0.15, 0.2) is 76.4 Å². The fourth-order valence-electron chi connectivity index (χ4n) is 3.33. The molecule has 2 aromatic heterocycles. The summed E-state index contributed by atoms with van der Waals surface area (Å²) in [6, 6.07) is 15.9. The van der Waals surface area contributed by atoms with Crippen molar-refractivity contribution < 1.29 is 32.6 Å². The molecule has 2 amide bonds. The second-order valence-electron chi connectivity index (χ2n) is 9.35. The molecule has 1 aromatic carbocycles.